The number of amides is 1. The molecule has 8 heteroatoms. The number of hydrogen-bond acceptors (Lipinski definition) is 3. The number of carbonyl (C=O) groups excluding carboxylic acids is 1. The Morgan fingerprint density at radius 2 is 1.95 bits per heavy atom. The zero-order valence-electron chi connectivity index (χ0n) is 11.2. The Morgan fingerprint density at radius 3 is 2.48 bits per heavy atom. The molecule has 116 valence electrons. The predicted octanol–water partition coefficient (Wildman–Crippen LogP) is 3.84. The first-order chi connectivity index (χ1) is 9.70. The van der Waals surface area contributed by atoms with E-state index in [1.165, 1.54) is 12.1 Å². The van der Waals surface area contributed by atoms with Gasteiger partial charge in [0.15, 0.2) is 0 Å². The lowest BCUT2D eigenvalue weighted by atomic mass is 10.1. The molecule has 2 unspecified atom stereocenters. The Kier molecular flexibility index (Phi) is 5.08. The topological polar surface area (TPSA) is 63.2 Å². The molecule has 1 aliphatic rings. The second-order valence-corrected chi connectivity index (χ2v) is 8.58. The van der Waals surface area contributed by atoms with Crippen LogP contribution in [-0.2, 0) is 9.05 Å². The number of hydrogen-bond donors (Lipinski definition) is 1. The first-order valence-corrected chi connectivity index (χ1v) is 9.50. The molecule has 1 aromatic carbocycles. The Balaban J connectivity index is 2.32. The number of rotatable bonds is 3. The van der Waals surface area contributed by atoms with Crippen LogP contribution in [0.15, 0.2) is 17.0 Å². The molecule has 1 amide bonds. The van der Waals surface area contributed by atoms with Gasteiger partial charge in [-0.05, 0) is 37.3 Å². The van der Waals surface area contributed by atoms with Crippen LogP contribution >= 0.6 is 33.9 Å². The Morgan fingerprint density at radius 1 is 1.29 bits per heavy atom. The van der Waals surface area contributed by atoms with Gasteiger partial charge < -0.3 is 5.32 Å². The number of carbonyl (C=O) groups is 1. The fourth-order valence-corrected chi connectivity index (χ4v) is 4.42. The summed E-state index contributed by atoms with van der Waals surface area (Å²) in [6.07, 6.45) is 2.81. The molecule has 21 heavy (non-hydrogen) atoms. The lowest BCUT2D eigenvalue weighted by Crippen LogP contribution is -2.33. The van der Waals surface area contributed by atoms with Crippen molar-refractivity contribution in [2.45, 2.75) is 37.1 Å². The van der Waals surface area contributed by atoms with Gasteiger partial charge in [-0.3, -0.25) is 4.79 Å². The van der Waals surface area contributed by atoms with E-state index in [2.05, 4.69) is 12.2 Å². The second-order valence-electron chi connectivity index (χ2n) is 5.26. The Labute approximate surface area is 138 Å². The van der Waals surface area contributed by atoms with E-state index in [-0.39, 0.29) is 26.5 Å². The Hall–Kier alpha value is -0.490. The maximum atomic E-state index is 12.3. The van der Waals surface area contributed by atoms with Crippen LogP contribution in [-0.4, -0.2) is 20.4 Å². The largest absolute Gasteiger partial charge is 0.349 e. The zero-order valence-corrected chi connectivity index (χ0v) is 14.3. The molecule has 0 heterocycles. The molecule has 1 aromatic rings. The third kappa shape index (κ3) is 3.83. The predicted molar refractivity (Wildman–Crippen MR) is 83.8 cm³/mol. The molecule has 0 aromatic heterocycles. The van der Waals surface area contributed by atoms with Crippen LogP contribution in [0.5, 0.6) is 0 Å². The summed E-state index contributed by atoms with van der Waals surface area (Å²) in [5, 5.41) is 2.68. The van der Waals surface area contributed by atoms with Crippen LogP contribution in [0.25, 0.3) is 0 Å². The van der Waals surface area contributed by atoms with Crippen molar-refractivity contribution in [2.24, 2.45) is 5.92 Å². The molecule has 1 saturated carbocycles. The number of benzene rings is 1. The van der Waals surface area contributed by atoms with Crippen LogP contribution in [0.3, 0.4) is 0 Å². The maximum absolute atomic E-state index is 12.3. The highest BCUT2D eigenvalue weighted by Gasteiger charge is 2.27. The van der Waals surface area contributed by atoms with Crippen molar-refractivity contribution in [2.75, 3.05) is 0 Å². The van der Waals surface area contributed by atoms with Crippen LogP contribution < -0.4 is 5.32 Å². The zero-order chi connectivity index (χ0) is 15.8. The molecular formula is C13H14Cl3NO3S. The molecule has 0 bridgehead atoms. The summed E-state index contributed by atoms with van der Waals surface area (Å²) in [5.74, 6) is 0.0714. The number of halogens is 3. The average molecular weight is 371 g/mol. The summed E-state index contributed by atoms with van der Waals surface area (Å²) in [5.41, 5.74) is -0.0559. The van der Waals surface area contributed by atoms with Gasteiger partial charge in [0.25, 0.3) is 15.0 Å². The van der Waals surface area contributed by atoms with Crippen LogP contribution in [0.1, 0.15) is 36.5 Å². The smallest absolute Gasteiger partial charge is 0.262 e. The molecule has 1 fully saturated rings. The molecule has 0 spiro atoms. The summed E-state index contributed by atoms with van der Waals surface area (Å²) in [4.78, 5) is 12.0. The highest BCUT2D eigenvalue weighted by atomic mass is 35.7. The summed E-state index contributed by atoms with van der Waals surface area (Å²) >= 11 is 12.0. The summed E-state index contributed by atoms with van der Waals surface area (Å²) in [7, 11) is 1.25. The van der Waals surface area contributed by atoms with Gasteiger partial charge in [-0.15, -0.1) is 0 Å². The summed E-state index contributed by atoms with van der Waals surface area (Å²) in [6, 6.07) is 2.53. The van der Waals surface area contributed by atoms with Crippen molar-refractivity contribution in [3.8, 4) is 0 Å². The molecule has 4 nitrogen and oxygen atoms in total. The van der Waals surface area contributed by atoms with Crippen molar-refractivity contribution in [3.63, 3.8) is 0 Å². The lowest BCUT2D eigenvalue weighted by Gasteiger charge is -2.15. The molecule has 1 aliphatic carbocycles. The first-order valence-electron chi connectivity index (χ1n) is 6.43. The van der Waals surface area contributed by atoms with Crippen molar-refractivity contribution < 1.29 is 13.2 Å². The quantitative estimate of drug-likeness (QED) is 0.822. The van der Waals surface area contributed by atoms with Crippen LogP contribution in [0.2, 0.25) is 10.0 Å². The van der Waals surface area contributed by atoms with E-state index in [0.29, 0.717) is 5.92 Å². The minimum atomic E-state index is -4.04. The van der Waals surface area contributed by atoms with E-state index in [0.717, 1.165) is 19.3 Å². The van der Waals surface area contributed by atoms with Crippen molar-refractivity contribution in [1.29, 1.82) is 0 Å². The van der Waals surface area contributed by atoms with Gasteiger partial charge in [-0.1, -0.05) is 30.1 Å². The minimum absolute atomic E-state index is 0.0518. The van der Waals surface area contributed by atoms with Crippen molar-refractivity contribution in [3.05, 3.63) is 27.7 Å². The molecule has 0 aliphatic heterocycles. The third-order valence-electron chi connectivity index (χ3n) is 3.58. The second kappa shape index (κ2) is 6.32. The van der Waals surface area contributed by atoms with Gasteiger partial charge in [0, 0.05) is 16.7 Å². The lowest BCUT2D eigenvalue weighted by molar-refractivity contribution is 0.0937. The van der Waals surface area contributed by atoms with Crippen LogP contribution in [0.4, 0.5) is 0 Å². The van der Waals surface area contributed by atoms with Gasteiger partial charge in [0.05, 0.1) is 15.6 Å². The van der Waals surface area contributed by atoms with Gasteiger partial charge in [-0.25, -0.2) is 8.42 Å². The SMILES string of the molecule is CC1CCC(NC(=O)c2c(Cl)ccc(S(=O)(=O)Cl)c2Cl)C1. The molecule has 2 rings (SSSR count). The summed E-state index contributed by atoms with van der Waals surface area (Å²) in [6.45, 7) is 2.12. The van der Waals surface area contributed by atoms with E-state index < -0.39 is 15.0 Å². The van der Waals surface area contributed by atoms with Crippen molar-refractivity contribution in [1.82, 2.24) is 5.32 Å². The van der Waals surface area contributed by atoms with Gasteiger partial charge in [0.1, 0.15) is 4.90 Å². The first kappa shape index (κ1) is 16.9. The molecule has 0 saturated heterocycles. The molecule has 0 radical (unpaired) electrons. The fraction of sp³-hybridized carbons (Fsp3) is 0.462. The maximum Gasteiger partial charge on any atom is 0.262 e. The third-order valence-corrected chi connectivity index (χ3v) is 5.76. The highest BCUT2D eigenvalue weighted by molar-refractivity contribution is 8.13. The van der Waals surface area contributed by atoms with E-state index in [1.54, 1.807) is 0 Å². The van der Waals surface area contributed by atoms with Crippen LogP contribution in [0, 0.1) is 5.92 Å². The van der Waals surface area contributed by atoms with Gasteiger partial charge in [-0.2, -0.15) is 0 Å². The normalized spacial score (nSPS) is 22.3. The highest BCUT2D eigenvalue weighted by Crippen LogP contribution is 2.33. The molecular weight excluding hydrogens is 357 g/mol. The van der Waals surface area contributed by atoms with E-state index >= 15 is 0 Å². The number of nitrogens with one attached hydrogen (secondary N) is 1. The fourth-order valence-electron chi connectivity index (χ4n) is 2.53. The van der Waals surface area contributed by atoms with Gasteiger partial charge >= 0.3 is 0 Å². The molecule has 1 N–H and O–H groups in total. The van der Waals surface area contributed by atoms with E-state index in [4.69, 9.17) is 33.9 Å². The van der Waals surface area contributed by atoms with Gasteiger partial charge in [0.2, 0.25) is 0 Å². The van der Waals surface area contributed by atoms with E-state index in [1.807, 2.05) is 0 Å². The van der Waals surface area contributed by atoms with E-state index in [9.17, 15) is 13.2 Å². The average Bonchev–Trinajstić information content (AvgIpc) is 2.72. The molecule has 2 atom stereocenters. The standard InChI is InChI=1S/C13H14Cl3NO3S/c1-7-2-3-8(6-7)17-13(18)11-9(14)4-5-10(12(11)15)21(16,19)20/h4-5,7-8H,2-3,6H2,1H3,(H,17,18). The monoisotopic (exact) mass is 369 g/mol. The summed E-state index contributed by atoms with van der Waals surface area (Å²) < 4.78 is 22.9. The Bertz CT molecular complexity index is 675. The van der Waals surface area contributed by atoms with Crippen molar-refractivity contribution >= 4 is 48.8 Å². The minimum Gasteiger partial charge on any atom is -0.349 e.